The maximum absolute atomic E-state index is 6.11. The van der Waals surface area contributed by atoms with Crippen molar-refractivity contribution in [1.29, 1.82) is 0 Å². The van der Waals surface area contributed by atoms with Crippen molar-refractivity contribution in [2.45, 2.75) is 32.9 Å². The summed E-state index contributed by atoms with van der Waals surface area (Å²) in [6.07, 6.45) is 0. The summed E-state index contributed by atoms with van der Waals surface area (Å²) in [5.74, 6) is 1.76. The van der Waals surface area contributed by atoms with Gasteiger partial charge in [-0.3, -0.25) is 0 Å². The van der Waals surface area contributed by atoms with E-state index < -0.39 is 0 Å². The average molecular weight is 460 g/mol. The molecule has 2 aromatic rings. The number of rotatable bonds is 4. The van der Waals surface area contributed by atoms with Gasteiger partial charge in [-0.15, -0.1) is 0 Å². The number of hydrogen-bond acceptors (Lipinski definition) is 2. The molecule has 0 aromatic heterocycles. The zero-order chi connectivity index (χ0) is 15.5. The highest BCUT2D eigenvalue weighted by Gasteiger charge is 2.12. The van der Waals surface area contributed by atoms with E-state index in [1.807, 2.05) is 36.4 Å². The smallest absolute Gasteiger partial charge is 0.140 e. The van der Waals surface area contributed by atoms with Crippen LogP contribution in [0.5, 0.6) is 11.5 Å². The van der Waals surface area contributed by atoms with Crippen LogP contribution in [0.3, 0.4) is 0 Å². The van der Waals surface area contributed by atoms with E-state index >= 15 is 0 Å². The van der Waals surface area contributed by atoms with E-state index in [1.165, 1.54) is 0 Å². The van der Waals surface area contributed by atoms with Crippen molar-refractivity contribution in [2.24, 2.45) is 0 Å². The molecule has 0 saturated carbocycles. The van der Waals surface area contributed by atoms with E-state index in [4.69, 9.17) is 4.74 Å². The van der Waals surface area contributed by atoms with Crippen molar-refractivity contribution in [3.05, 3.63) is 56.1 Å². The van der Waals surface area contributed by atoms with Crippen molar-refractivity contribution in [3.8, 4) is 11.5 Å². The van der Waals surface area contributed by atoms with Gasteiger partial charge in [0.1, 0.15) is 11.5 Å². The van der Waals surface area contributed by atoms with Gasteiger partial charge < -0.3 is 10.1 Å². The van der Waals surface area contributed by atoms with Crippen molar-refractivity contribution in [2.75, 3.05) is 0 Å². The summed E-state index contributed by atoms with van der Waals surface area (Å²) >= 11 is 5.81. The molecule has 0 spiro atoms. The molecule has 1 N–H and O–H groups in total. The van der Waals surface area contributed by atoms with E-state index in [2.05, 4.69) is 70.7 Å². The number of halogens is 2. The number of para-hydroxylation sites is 1. The molecular formula is C17H19BrINO. The van der Waals surface area contributed by atoms with Crippen molar-refractivity contribution >= 4 is 38.5 Å². The highest BCUT2D eigenvalue weighted by molar-refractivity contribution is 14.1. The Morgan fingerprint density at radius 3 is 2.48 bits per heavy atom. The molecule has 0 heterocycles. The van der Waals surface area contributed by atoms with Crippen LogP contribution in [0.25, 0.3) is 0 Å². The second kappa shape index (κ2) is 7.11. The van der Waals surface area contributed by atoms with E-state index in [-0.39, 0.29) is 5.54 Å². The van der Waals surface area contributed by atoms with E-state index in [0.29, 0.717) is 0 Å². The van der Waals surface area contributed by atoms with Crippen molar-refractivity contribution in [3.63, 3.8) is 0 Å². The van der Waals surface area contributed by atoms with Crippen LogP contribution in [0.1, 0.15) is 26.3 Å². The summed E-state index contributed by atoms with van der Waals surface area (Å²) in [5, 5.41) is 3.50. The molecule has 2 rings (SSSR count). The second-order valence-electron chi connectivity index (χ2n) is 5.89. The van der Waals surface area contributed by atoms with Gasteiger partial charge in [-0.1, -0.05) is 34.1 Å². The first-order valence-electron chi connectivity index (χ1n) is 6.81. The SMILES string of the molecule is CC(C)(C)NCc1ccc(Br)cc1Oc1ccccc1I. The van der Waals surface area contributed by atoms with Crippen LogP contribution >= 0.6 is 38.5 Å². The zero-order valence-corrected chi connectivity index (χ0v) is 16.2. The average Bonchev–Trinajstić information content (AvgIpc) is 2.39. The van der Waals surface area contributed by atoms with Gasteiger partial charge in [0.15, 0.2) is 0 Å². The fourth-order valence-electron chi connectivity index (χ4n) is 1.78. The van der Waals surface area contributed by atoms with Crippen LogP contribution in [-0.2, 0) is 6.54 Å². The van der Waals surface area contributed by atoms with Crippen LogP contribution in [0.15, 0.2) is 46.9 Å². The lowest BCUT2D eigenvalue weighted by molar-refractivity contribution is 0.414. The number of hydrogen-bond donors (Lipinski definition) is 1. The quantitative estimate of drug-likeness (QED) is 0.589. The maximum Gasteiger partial charge on any atom is 0.140 e. The summed E-state index contributed by atoms with van der Waals surface area (Å²) < 4.78 is 8.23. The number of benzene rings is 2. The molecule has 0 radical (unpaired) electrons. The lowest BCUT2D eigenvalue weighted by Crippen LogP contribution is -2.35. The zero-order valence-electron chi connectivity index (χ0n) is 12.4. The summed E-state index contributed by atoms with van der Waals surface area (Å²) in [7, 11) is 0. The third-order valence-corrected chi connectivity index (χ3v) is 4.28. The van der Waals surface area contributed by atoms with Crippen LogP contribution in [0.4, 0.5) is 0 Å². The van der Waals surface area contributed by atoms with Crippen LogP contribution in [0.2, 0.25) is 0 Å². The fraction of sp³-hybridized carbons (Fsp3) is 0.294. The molecule has 0 fully saturated rings. The molecule has 0 saturated heterocycles. The summed E-state index contributed by atoms with van der Waals surface area (Å²) in [6.45, 7) is 7.25. The third kappa shape index (κ3) is 5.27. The summed E-state index contributed by atoms with van der Waals surface area (Å²) in [5.41, 5.74) is 1.22. The Hall–Kier alpha value is -0.590. The first kappa shape index (κ1) is 16.8. The highest BCUT2D eigenvalue weighted by atomic mass is 127. The molecule has 0 bridgehead atoms. The van der Waals surface area contributed by atoms with Gasteiger partial charge in [0.05, 0.1) is 3.57 Å². The van der Waals surface area contributed by atoms with Gasteiger partial charge >= 0.3 is 0 Å². The minimum absolute atomic E-state index is 0.0749. The normalized spacial score (nSPS) is 11.5. The van der Waals surface area contributed by atoms with E-state index in [1.54, 1.807) is 0 Å². The molecule has 0 atom stereocenters. The largest absolute Gasteiger partial charge is 0.456 e. The highest BCUT2D eigenvalue weighted by Crippen LogP contribution is 2.31. The lowest BCUT2D eigenvalue weighted by atomic mass is 10.1. The summed E-state index contributed by atoms with van der Waals surface area (Å²) in [6, 6.07) is 14.2. The van der Waals surface area contributed by atoms with Crippen LogP contribution in [-0.4, -0.2) is 5.54 Å². The third-order valence-electron chi connectivity index (χ3n) is 2.89. The Bertz CT molecular complexity index is 622. The Balaban J connectivity index is 2.25. The standard InChI is InChI=1S/C17H19BrINO/c1-17(2,3)20-11-12-8-9-13(18)10-16(12)21-15-7-5-4-6-14(15)19/h4-10,20H,11H2,1-3H3. The van der Waals surface area contributed by atoms with Gasteiger partial charge in [-0.25, -0.2) is 0 Å². The first-order valence-corrected chi connectivity index (χ1v) is 8.68. The maximum atomic E-state index is 6.11. The molecule has 2 nitrogen and oxygen atoms in total. The van der Waals surface area contributed by atoms with Gasteiger partial charge in [-0.2, -0.15) is 0 Å². The molecular weight excluding hydrogens is 441 g/mol. The molecule has 0 aliphatic carbocycles. The second-order valence-corrected chi connectivity index (χ2v) is 7.97. The molecule has 0 aliphatic heterocycles. The Morgan fingerprint density at radius 2 is 1.81 bits per heavy atom. The van der Waals surface area contributed by atoms with Crippen LogP contribution in [0, 0.1) is 3.57 Å². The number of ether oxygens (including phenoxy) is 1. The molecule has 2 aromatic carbocycles. The predicted octanol–water partition coefficient (Wildman–Crippen LogP) is 5.73. The van der Waals surface area contributed by atoms with Crippen LogP contribution < -0.4 is 10.1 Å². The Morgan fingerprint density at radius 1 is 1.10 bits per heavy atom. The van der Waals surface area contributed by atoms with Crippen molar-refractivity contribution in [1.82, 2.24) is 5.32 Å². The summed E-state index contributed by atoms with van der Waals surface area (Å²) in [4.78, 5) is 0. The predicted molar refractivity (Wildman–Crippen MR) is 100.0 cm³/mol. The van der Waals surface area contributed by atoms with Crippen molar-refractivity contribution < 1.29 is 4.74 Å². The molecule has 0 aliphatic rings. The van der Waals surface area contributed by atoms with E-state index in [0.717, 1.165) is 31.7 Å². The lowest BCUT2D eigenvalue weighted by Gasteiger charge is -2.22. The minimum atomic E-state index is 0.0749. The monoisotopic (exact) mass is 459 g/mol. The molecule has 112 valence electrons. The molecule has 0 amide bonds. The fourth-order valence-corrected chi connectivity index (χ4v) is 2.61. The van der Waals surface area contributed by atoms with E-state index in [9.17, 15) is 0 Å². The first-order chi connectivity index (χ1) is 9.85. The molecule has 4 heteroatoms. The number of nitrogens with one attached hydrogen (secondary N) is 1. The Labute approximate surface area is 148 Å². The van der Waals surface area contributed by atoms with Gasteiger partial charge in [0.25, 0.3) is 0 Å². The van der Waals surface area contributed by atoms with Gasteiger partial charge in [0.2, 0.25) is 0 Å². The van der Waals surface area contributed by atoms with Gasteiger partial charge in [-0.05, 0) is 67.6 Å². The minimum Gasteiger partial charge on any atom is -0.456 e. The topological polar surface area (TPSA) is 21.3 Å². The molecule has 0 unspecified atom stereocenters. The Kier molecular flexibility index (Phi) is 5.68. The molecule has 21 heavy (non-hydrogen) atoms. The van der Waals surface area contributed by atoms with Gasteiger partial charge in [0, 0.05) is 22.1 Å².